The Morgan fingerprint density at radius 3 is 2.86 bits per heavy atom. The maximum Gasteiger partial charge on any atom is 0.234 e. The number of benzene rings is 1. The number of para-hydroxylation sites is 1. The molecule has 2 heterocycles. The van der Waals surface area contributed by atoms with Crippen LogP contribution in [0.4, 0.5) is 0 Å². The van der Waals surface area contributed by atoms with Gasteiger partial charge in [0.25, 0.3) is 0 Å². The van der Waals surface area contributed by atoms with Crippen LogP contribution in [0.3, 0.4) is 0 Å². The van der Waals surface area contributed by atoms with Crippen molar-refractivity contribution in [3.8, 4) is 5.69 Å². The van der Waals surface area contributed by atoms with E-state index < -0.39 is 0 Å². The van der Waals surface area contributed by atoms with E-state index in [4.69, 9.17) is 5.73 Å². The van der Waals surface area contributed by atoms with Crippen molar-refractivity contribution in [2.45, 2.75) is 31.8 Å². The summed E-state index contributed by atoms with van der Waals surface area (Å²) in [6.07, 6.45) is 4.74. The largest absolute Gasteiger partial charge is 0.368 e. The van der Waals surface area contributed by atoms with Gasteiger partial charge >= 0.3 is 0 Å². The van der Waals surface area contributed by atoms with Crippen molar-refractivity contribution in [1.29, 1.82) is 0 Å². The van der Waals surface area contributed by atoms with Crippen LogP contribution < -0.4 is 5.73 Å². The zero-order valence-corrected chi connectivity index (χ0v) is 11.9. The van der Waals surface area contributed by atoms with Gasteiger partial charge in [-0.1, -0.05) is 24.6 Å². The number of nitrogens with two attached hydrogens (primary N) is 1. The van der Waals surface area contributed by atoms with E-state index in [2.05, 4.69) is 15.1 Å². The zero-order chi connectivity index (χ0) is 14.7. The third kappa shape index (κ3) is 3.11. The van der Waals surface area contributed by atoms with Crippen molar-refractivity contribution >= 4 is 5.91 Å². The molecular formula is C15H19N5O. The van der Waals surface area contributed by atoms with Crippen molar-refractivity contribution in [1.82, 2.24) is 19.9 Å². The Balaban J connectivity index is 1.73. The fourth-order valence-electron chi connectivity index (χ4n) is 2.76. The molecule has 1 aliphatic heterocycles. The summed E-state index contributed by atoms with van der Waals surface area (Å²) in [4.78, 5) is 15.2. The van der Waals surface area contributed by atoms with Gasteiger partial charge < -0.3 is 5.73 Å². The molecule has 110 valence electrons. The Kier molecular flexibility index (Phi) is 3.96. The van der Waals surface area contributed by atoms with Gasteiger partial charge in [0, 0.05) is 6.54 Å². The van der Waals surface area contributed by atoms with Gasteiger partial charge in [-0.15, -0.1) is 0 Å². The second-order valence-corrected chi connectivity index (χ2v) is 5.35. The molecule has 0 saturated carbocycles. The molecule has 1 atom stereocenters. The first-order valence-corrected chi connectivity index (χ1v) is 7.24. The molecule has 1 saturated heterocycles. The lowest BCUT2D eigenvalue weighted by atomic mass is 10.0. The standard InChI is InChI=1S/C15H19N5O/c16-15(21)14-8-4-5-9-19(14)11-12-10-17-20(18-12)13-6-2-1-3-7-13/h1-3,6-7,10,14H,4-5,8-9,11H2,(H2,16,21). The number of likely N-dealkylation sites (tertiary alicyclic amines) is 1. The van der Waals surface area contributed by atoms with Gasteiger partial charge in [-0.05, 0) is 31.5 Å². The van der Waals surface area contributed by atoms with Crippen LogP contribution in [0.25, 0.3) is 5.69 Å². The third-order valence-electron chi connectivity index (χ3n) is 3.83. The van der Waals surface area contributed by atoms with Crippen LogP contribution in [-0.2, 0) is 11.3 Å². The highest BCUT2D eigenvalue weighted by molar-refractivity contribution is 5.79. The smallest absolute Gasteiger partial charge is 0.234 e. The second kappa shape index (κ2) is 6.05. The van der Waals surface area contributed by atoms with E-state index in [1.807, 2.05) is 30.3 Å². The summed E-state index contributed by atoms with van der Waals surface area (Å²) >= 11 is 0. The highest BCUT2D eigenvalue weighted by Gasteiger charge is 2.27. The number of amides is 1. The Bertz CT molecular complexity index is 610. The van der Waals surface area contributed by atoms with Crippen molar-refractivity contribution < 1.29 is 4.79 Å². The van der Waals surface area contributed by atoms with Crippen LogP contribution in [-0.4, -0.2) is 38.4 Å². The lowest BCUT2D eigenvalue weighted by Gasteiger charge is -2.32. The minimum Gasteiger partial charge on any atom is -0.368 e. The number of nitrogens with zero attached hydrogens (tertiary/aromatic N) is 4. The van der Waals surface area contributed by atoms with Crippen LogP contribution >= 0.6 is 0 Å². The van der Waals surface area contributed by atoms with E-state index in [9.17, 15) is 4.79 Å². The fourth-order valence-corrected chi connectivity index (χ4v) is 2.76. The van der Waals surface area contributed by atoms with Gasteiger partial charge in [0.1, 0.15) is 0 Å². The Hall–Kier alpha value is -2.21. The highest BCUT2D eigenvalue weighted by atomic mass is 16.1. The summed E-state index contributed by atoms with van der Waals surface area (Å²) in [5.74, 6) is -0.245. The monoisotopic (exact) mass is 285 g/mol. The average Bonchev–Trinajstić information content (AvgIpc) is 2.97. The molecule has 6 nitrogen and oxygen atoms in total. The maximum absolute atomic E-state index is 11.5. The molecule has 0 spiro atoms. The van der Waals surface area contributed by atoms with E-state index in [-0.39, 0.29) is 11.9 Å². The molecule has 6 heteroatoms. The van der Waals surface area contributed by atoms with Crippen LogP contribution in [0.15, 0.2) is 36.5 Å². The molecule has 0 aliphatic carbocycles. The molecule has 3 rings (SSSR count). The van der Waals surface area contributed by atoms with E-state index in [1.165, 1.54) is 0 Å². The molecule has 0 radical (unpaired) electrons. The highest BCUT2D eigenvalue weighted by Crippen LogP contribution is 2.18. The van der Waals surface area contributed by atoms with Crippen LogP contribution in [0, 0.1) is 0 Å². The average molecular weight is 285 g/mol. The number of hydrogen-bond donors (Lipinski definition) is 1. The third-order valence-corrected chi connectivity index (χ3v) is 3.83. The van der Waals surface area contributed by atoms with Crippen molar-refractivity contribution in [3.63, 3.8) is 0 Å². The number of hydrogen-bond acceptors (Lipinski definition) is 4. The molecule has 21 heavy (non-hydrogen) atoms. The molecule has 0 bridgehead atoms. The number of aromatic nitrogens is 3. The van der Waals surface area contributed by atoms with Crippen molar-refractivity contribution in [2.24, 2.45) is 5.73 Å². The SMILES string of the molecule is NC(=O)C1CCCCN1Cc1cnn(-c2ccccc2)n1. The molecule has 2 N–H and O–H groups in total. The summed E-state index contributed by atoms with van der Waals surface area (Å²) in [6.45, 7) is 1.49. The molecule has 1 aliphatic rings. The quantitative estimate of drug-likeness (QED) is 0.912. The molecule has 1 fully saturated rings. The van der Waals surface area contributed by atoms with Gasteiger partial charge in [-0.2, -0.15) is 15.0 Å². The van der Waals surface area contributed by atoms with Crippen molar-refractivity contribution in [2.75, 3.05) is 6.54 Å². The minimum atomic E-state index is -0.245. The summed E-state index contributed by atoms with van der Waals surface area (Å²) in [5.41, 5.74) is 7.26. The first-order chi connectivity index (χ1) is 10.2. The van der Waals surface area contributed by atoms with Gasteiger partial charge in [0.15, 0.2) is 0 Å². The normalized spacial score (nSPS) is 19.5. The van der Waals surface area contributed by atoms with Crippen molar-refractivity contribution in [3.05, 3.63) is 42.2 Å². The van der Waals surface area contributed by atoms with Crippen LogP contribution in [0.1, 0.15) is 25.0 Å². The number of carbonyl (C=O) groups is 1. The number of rotatable bonds is 4. The fraction of sp³-hybridized carbons (Fsp3) is 0.400. The predicted molar refractivity (Wildman–Crippen MR) is 78.6 cm³/mol. The van der Waals surface area contributed by atoms with Crippen LogP contribution in [0.2, 0.25) is 0 Å². The van der Waals surface area contributed by atoms with E-state index in [0.717, 1.165) is 37.2 Å². The van der Waals surface area contributed by atoms with E-state index >= 15 is 0 Å². The summed E-state index contributed by atoms with van der Waals surface area (Å²) in [5, 5.41) is 8.76. The van der Waals surface area contributed by atoms with Gasteiger partial charge in [0.2, 0.25) is 5.91 Å². The topological polar surface area (TPSA) is 77.0 Å². The lowest BCUT2D eigenvalue weighted by molar-refractivity contribution is -0.124. The van der Waals surface area contributed by atoms with E-state index in [1.54, 1.807) is 11.0 Å². The van der Waals surface area contributed by atoms with Gasteiger partial charge in [0.05, 0.1) is 23.6 Å². The molecule has 1 amide bonds. The first kappa shape index (κ1) is 13.8. The number of piperidine rings is 1. The molecular weight excluding hydrogens is 266 g/mol. The second-order valence-electron chi connectivity index (χ2n) is 5.35. The van der Waals surface area contributed by atoms with E-state index in [0.29, 0.717) is 6.54 Å². The Labute approximate surface area is 123 Å². The Morgan fingerprint density at radius 1 is 1.29 bits per heavy atom. The lowest BCUT2D eigenvalue weighted by Crippen LogP contribution is -2.47. The number of primary amides is 1. The Morgan fingerprint density at radius 2 is 2.10 bits per heavy atom. The zero-order valence-electron chi connectivity index (χ0n) is 11.9. The molecule has 1 aromatic carbocycles. The van der Waals surface area contributed by atoms with Gasteiger partial charge in [-0.3, -0.25) is 9.69 Å². The summed E-state index contributed by atoms with van der Waals surface area (Å²) in [6, 6.07) is 9.59. The van der Waals surface area contributed by atoms with Gasteiger partial charge in [-0.25, -0.2) is 0 Å². The molecule has 1 aromatic heterocycles. The summed E-state index contributed by atoms with van der Waals surface area (Å²) in [7, 11) is 0. The number of carbonyl (C=O) groups excluding carboxylic acids is 1. The predicted octanol–water partition coefficient (Wildman–Crippen LogP) is 1.11. The summed E-state index contributed by atoms with van der Waals surface area (Å²) < 4.78 is 0. The molecule has 2 aromatic rings. The van der Waals surface area contributed by atoms with Crippen LogP contribution in [0.5, 0.6) is 0 Å². The first-order valence-electron chi connectivity index (χ1n) is 7.24. The maximum atomic E-state index is 11.5. The molecule has 1 unspecified atom stereocenters. The minimum absolute atomic E-state index is 0.180.